The second-order valence-corrected chi connectivity index (χ2v) is 7.48. The monoisotopic (exact) mass is 434 g/mol. The van der Waals surface area contributed by atoms with Gasteiger partial charge in [0.15, 0.2) is 5.82 Å². The highest BCUT2D eigenvalue weighted by Gasteiger charge is 2.15. The highest BCUT2D eigenvalue weighted by atomic mass is 16.5. The van der Waals surface area contributed by atoms with Gasteiger partial charge in [0.2, 0.25) is 0 Å². The molecule has 0 aliphatic heterocycles. The first kappa shape index (κ1) is 21.7. The standard InChI is InChI=1S/C23H26N6O3/c1-2-32-20-8-9-21-18(13-20)12-19(23(31)24-21)15-28(10-11-30)16-22-25-26-27-29(22)14-17-6-4-3-5-7-17/h3-9,12-13,30H,2,10-11,14-16H2,1H3,(H,24,31). The molecule has 9 nitrogen and oxygen atoms in total. The number of pyridine rings is 1. The zero-order valence-electron chi connectivity index (χ0n) is 17.9. The lowest BCUT2D eigenvalue weighted by atomic mass is 10.1. The summed E-state index contributed by atoms with van der Waals surface area (Å²) >= 11 is 0. The van der Waals surface area contributed by atoms with Crippen LogP contribution in [0.1, 0.15) is 23.9 Å². The summed E-state index contributed by atoms with van der Waals surface area (Å²) in [5.74, 6) is 1.42. The van der Waals surface area contributed by atoms with Gasteiger partial charge in [0, 0.05) is 29.6 Å². The number of ether oxygens (including phenoxy) is 1. The van der Waals surface area contributed by atoms with Crippen molar-refractivity contribution in [1.29, 1.82) is 0 Å². The summed E-state index contributed by atoms with van der Waals surface area (Å²) < 4.78 is 7.31. The first-order valence-corrected chi connectivity index (χ1v) is 10.6. The molecule has 4 rings (SSSR count). The van der Waals surface area contributed by atoms with Crippen LogP contribution in [0.25, 0.3) is 10.9 Å². The molecule has 0 bridgehead atoms. The van der Waals surface area contributed by atoms with E-state index in [0.717, 1.165) is 22.2 Å². The molecule has 4 aromatic rings. The Kier molecular flexibility index (Phi) is 6.88. The molecule has 0 saturated carbocycles. The van der Waals surface area contributed by atoms with E-state index in [1.54, 1.807) is 4.68 Å². The normalized spacial score (nSPS) is 11.3. The van der Waals surface area contributed by atoms with Crippen LogP contribution in [0.5, 0.6) is 5.75 Å². The van der Waals surface area contributed by atoms with Gasteiger partial charge in [-0.05, 0) is 47.2 Å². The number of aliphatic hydroxyl groups excluding tert-OH is 1. The van der Waals surface area contributed by atoms with Crippen LogP contribution in [0.3, 0.4) is 0 Å². The summed E-state index contributed by atoms with van der Waals surface area (Å²) in [5, 5.41) is 22.5. The van der Waals surface area contributed by atoms with Crippen molar-refractivity contribution in [1.82, 2.24) is 30.1 Å². The number of fused-ring (bicyclic) bond motifs is 1. The minimum absolute atomic E-state index is 0.0414. The van der Waals surface area contributed by atoms with E-state index in [1.165, 1.54) is 0 Å². The number of hydrogen-bond donors (Lipinski definition) is 2. The first-order chi connectivity index (χ1) is 15.7. The number of benzene rings is 2. The maximum absolute atomic E-state index is 12.7. The van der Waals surface area contributed by atoms with Crippen molar-refractivity contribution < 1.29 is 9.84 Å². The predicted molar refractivity (Wildman–Crippen MR) is 120 cm³/mol. The largest absolute Gasteiger partial charge is 0.494 e. The van der Waals surface area contributed by atoms with Crippen LogP contribution in [0.2, 0.25) is 0 Å². The fourth-order valence-corrected chi connectivity index (χ4v) is 3.62. The number of nitrogens with one attached hydrogen (secondary N) is 1. The van der Waals surface area contributed by atoms with Crippen LogP contribution in [0.15, 0.2) is 59.4 Å². The molecule has 0 amide bonds. The van der Waals surface area contributed by atoms with E-state index in [9.17, 15) is 9.90 Å². The van der Waals surface area contributed by atoms with Gasteiger partial charge in [-0.25, -0.2) is 4.68 Å². The predicted octanol–water partition coefficient (Wildman–Crippen LogP) is 1.96. The van der Waals surface area contributed by atoms with Gasteiger partial charge in [-0.15, -0.1) is 5.10 Å². The van der Waals surface area contributed by atoms with Crippen molar-refractivity contribution in [2.24, 2.45) is 0 Å². The number of H-pyrrole nitrogens is 1. The van der Waals surface area contributed by atoms with Crippen LogP contribution in [-0.4, -0.2) is 55.0 Å². The molecule has 32 heavy (non-hydrogen) atoms. The number of aliphatic hydroxyl groups is 1. The molecule has 0 radical (unpaired) electrons. The molecule has 9 heteroatoms. The molecule has 2 N–H and O–H groups in total. The fraction of sp³-hybridized carbons (Fsp3) is 0.304. The quantitative estimate of drug-likeness (QED) is 0.393. The third-order valence-corrected chi connectivity index (χ3v) is 5.16. The summed E-state index contributed by atoms with van der Waals surface area (Å²) in [6, 6.07) is 17.4. The molecule has 0 unspecified atom stereocenters. The van der Waals surface area contributed by atoms with Gasteiger partial charge < -0.3 is 14.8 Å². The van der Waals surface area contributed by atoms with Gasteiger partial charge in [-0.1, -0.05) is 30.3 Å². The Balaban J connectivity index is 1.55. The summed E-state index contributed by atoms with van der Waals surface area (Å²) in [7, 11) is 0. The summed E-state index contributed by atoms with van der Waals surface area (Å²) in [4.78, 5) is 17.6. The molecule has 2 aromatic carbocycles. The van der Waals surface area contributed by atoms with E-state index in [2.05, 4.69) is 20.5 Å². The molecule has 0 fully saturated rings. The second kappa shape index (κ2) is 10.2. The lowest BCUT2D eigenvalue weighted by Crippen LogP contribution is -2.30. The third kappa shape index (κ3) is 5.19. The van der Waals surface area contributed by atoms with Gasteiger partial charge in [-0.3, -0.25) is 9.69 Å². The minimum Gasteiger partial charge on any atom is -0.494 e. The van der Waals surface area contributed by atoms with Crippen molar-refractivity contribution in [2.45, 2.75) is 26.6 Å². The molecule has 0 aliphatic rings. The van der Waals surface area contributed by atoms with E-state index in [1.807, 2.05) is 66.4 Å². The molecular formula is C23H26N6O3. The smallest absolute Gasteiger partial charge is 0.252 e. The van der Waals surface area contributed by atoms with E-state index in [-0.39, 0.29) is 12.2 Å². The van der Waals surface area contributed by atoms with E-state index < -0.39 is 0 Å². The highest BCUT2D eigenvalue weighted by molar-refractivity contribution is 5.80. The maximum Gasteiger partial charge on any atom is 0.252 e. The molecule has 2 heterocycles. The zero-order chi connectivity index (χ0) is 22.3. The molecule has 0 aliphatic carbocycles. The number of aromatic amines is 1. The zero-order valence-corrected chi connectivity index (χ0v) is 17.9. The summed E-state index contributed by atoms with van der Waals surface area (Å²) in [6.45, 7) is 4.14. The van der Waals surface area contributed by atoms with Gasteiger partial charge in [0.1, 0.15) is 5.75 Å². The van der Waals surface area contributed by atoms with Crippen LogP contribution < -0.4 is 10.3 Å². The van der Waals surface area contributed by atoms with Crippen molar-refractivity contribution in [3.8, 4) is 5.75 Å². The van der Waals surface area contributed by atoms with Gasteiger partial charge in [-0.2, -0.15) is 0 Å². The number of rotatable bonds is 10. The van der Waals surface area contributed by atoms with Crippen molar-refractivity contribution in [3.63, 3.8) is 0 Å². The van der Waals surface area contributed by atoms with Crippen LogP contribution >= 0.6 is 0 Å². The van der Waals surface area contributed by atoms with Crippen LogP contribution in [0.4, 0.5) is 0 Å². The Hall–Kier alpha value is -3.56. The lowest BCUT2D eigenvalue weighted by Gasteiger charge is -2.20. The Labute approximate surface area is 185 Å². The Morgan fingerprint density at radius 1 is 1.12 bits per heavy atom. The van der Waals surface area contributed by atoms with Crippen LogP contribution in [-0.2, 0) is 19.6 Å². The third-order valence-electron chi connectivity index (χ3n) is 5.16. The molecular weight excluding hydrogens is 408 g/mol. The SMILES string of the molecule is CCOc1ccc2[nH]c(=O)c(CN(CCO)Cc3nnnn3Cc3ccccc3)cc2c1. The van der Waals surface area contributed by atoms with Crippen molar-refractivity contribution in [2.75, 3.05) is 19.8 Å². The average molecular weight is 435 g/mol. The number of tetrazole rings is 1. The van der Waals surface area contributed by atoms with E-state index in [0.29, 0.717) is 44.2 Å². The van der Waals surface area contributed by atoms with Gasteiger partial charge in [0.05, 0.1) is 26.3 Å². The Morgan fingerprint density at radius 3 is 2.75 bits per heavy atom. The van der Waals surface area contributed by atoms with Gasteiger partial charge in [0.25, 0.3) is 5.56 Å². The van der Waals surface area contributed by atoms with E-state index >= 15 is 0 Å². The highest BCUT2D eigenvalue weighted by Crippen LogP contribution is 2.20. The lowest BCUT2D eigenvalue weighted by molar-refractivity contribution is 0.179. The second-order valence-electron chi connectivity index (χ2n) is 7.48. The molecule has 166 valence electrons. The first-order valence-electron chi connectivity index (χ1n) is 10.6. The average Bonchev–Trinajstić information content (AvgIpc) is 3.22. The molecule has 0 atom stereocenters. The fourth-order valence-electron chi connectivity index (χ4n) is 3.62. The maximum atomic E-state index is 12.7. The number of nitrogens with zero attached hydrogens (tertiary/aromatic N) is 5. The Bertz CT molecular complexity index is 1220. The molecule has 0 saturated heterocycles. The summed E-state index contributed by atoms with van der Waals surface area (Å²) in [6.07, 6.45) is 0. The summed E-state index contributed by atoms with van der Waals surface area (Å²) in [5.41, 5.74) is 2.28. The van der Waals surface area contributed by atoms with Crippen molar-refractivity contribution in [3.05, 3.63) is 81.9 Å². The Morgan fingerprint density at radius 2 is 1.97 bits per heavy atom. The van der Waals surface area contributed by atoms with Gasteiger partial charge >= 0.3 is 0 Å². The number of aromatic nitrogens is 5. The van der Waals surface area contributed by atoms with Crippen LogP contribution in [0, 0.1) is 0 Å². The number of hydrogen-bond acceptors (Lipinski definition) is 7. The van der Waals surface area contributed by atoms with Crippen molar-refractivity contribution >= 4 is 10.9 Å². The molecule has 2 aromatic heterocycles. The van der Waals surface area contributed by atoms with E-state index in [4.69, 9.17) is 4.74 Å². The molecule has 0 spiro atoms. The minimum atomic E-state index is -0.159. The topological polar surface area (TPSA) is 109 Å².